The summed E-state index contributed by atoms with van der Waals surface area (Å²) in [7, 11) is -1.99. The van der Waals surface area contributed by atoms with E-state index in [9.17, 15) is 8.42 Å². The number of rotatable bonds is 7. The normalized spacial score (nSPS) is 17.5. The molecule has 0 amide bonds. The van der Waals surface area contributed by atoms with Crippen molar-refractivity contribution < 1.29 is 13.2 Å². The summed E-state index contributed by atoms with van der Waals surface area (Å²) in [6.07, 6.45) is 0. The first-order valence-electron chi connectivity index (χ1n) is 9.23. The molecule has 1 aromatic carbocycles. The van der Waals surface area contributed by atoms with Gasteiger partial charge in [0.15, 0.2) is 0 Å². The lowest BCUT2D eigenvalue weighted by Gasteiger charge is -2.44. The van der Waals surface area contributed by atoms with Crippen molar-refractivity contribution in [1.82, 2.24) is 14.5 Å². The fourth-order valence-electron chi connectivity index (χ4n) is 3.58. The van der Waals surface area contributed by atoms with Gasteiger partial charge >= 0.3 is 0 Å². The van der Waals surface area contributed by atoms with Gasteiger partial charge in [0.05, 0.1) is 12.0 Å². The van der Waals surface area contributed by atoms with E-state index in [1.54, 1.807) is 33.1 Å². The molecular weight excluding hydrogens is 350 g/mol. The molecule has 7 heteroatoms. The second-order valence-corrected chi connectivity index (χ2v) is 9.35. The van der Waals surface area contributed by atoms with E-state index in [0.717, 1.165) is 32.7 Å². The highest BCUT2D eigenvalue weighted by Crippen LogP contribution is 2.26. The Morgan fingerprint density at radius 3 is 2.12 bits per heavy atom. The van der Waals surface area contributed by atoms with Crippen molar-refractivity contribution in [1.29, 1.82) is 0 Å². The van der Waals surface area contributed by atoms with Crippen LogP contribution in [0, 0.1) is 13.8 Å². The van der Waals surface area contributed by atoms with Crippen molar-refractivity contribution in [2.75, 3.05) is 46.4 Å². The molecule has 0 saturated carbocycles. The predicted molar refractivity (Wildman–Crippen MR) is 105 cm³/mol. The van der Waals surface area contributed by atoms with Gasteiger partial charge in [0.25, 0.3) is 0 Å². The van der Waals surface area contributed by atoms with Crippen LogP contribution in [0.15, 0.2) is 17.0 Å². The van der Waals surface area contributed by atoms with Crippen molar-refractivity contribution in [2.24, 2.45) is 0 Å². The SMILES string of the molecule is CCN1CCN(C(C)(C)CNS(=O)(=O)c2c(C)cc(OC)cc2C)CC1. The molecule has 0 radical (unpaired) electrons. The average Bonchev–Trinajstić information content (AvgIpc) is 2.59. The molecule has 0 aliphatic carbocycles. The summed E-state index contributed by atoms with van der Waals surface area (Å²) in [4.78, 5) is 5.14. The van der Waals surface area contributed by atoms with E-state index in [4.69, 9.17) is 4.74 Å². The Labute approximate surface area is 158 Å². The van der Waals surface area contributed by atoms with Crippen LogP contribution in [0.25, 0.3) is 0 Å². The van der Waals surface area contributed by atoms with Crippen molar-refractivity contribution in [3.8, 4) is 5.75 Å². The Bertz CT molecular complexity index is 701. The number of ether oxygens (including phenoxy) is 1. The first kappa shape index (κ1) is 21.2. The Kier molecular flexibility index (Phi) is 6.71. The van der Waals surface area contributed by atoms with Crippen molar-refractivity contribution >= 4 is 10.0 Å². The number of hydrogen-bond donors (Lipinski definition) is 1. The number of methoxy groups -OCH3 is 1. The second kappa shape index (κ2) is 8.25. The monoisotopic (exact) mass is 383 g/mol. The van der Waals surface area contributed by atoms with Crippen LogP contribution < -0.4 is 9.46 Å². The maximum Gasteiger partial charge on any atom is 0.241 e. The standard InChI is InChI=1S/C19H33N3O3S/c1-7-21-8-10-22(11-9-21)19(4,5)14-20-26(23,24)18-15(2)12-17(25-6)13-16(18)3/h12-13,20H,7-11,14H2,1-6H3. The maximum atomic E-state index is 12.9. The molecule has 6 nitrogen and oxygen atoms in total. The van der Waals surface area contributed by atoms with Gasteiger partial charge in [-0.05, 0) is 57.5 Å². The molecule has 1 heterocycles. The van der Waals surface area contributed by atoms with Crippen LogP contribution >= 0.6 is 0 Å². The van der Waals surface area contributed by atoms with E-state index < -0.39 is 10.0 Å². The van der Waals surface area contributed by atoms with Crippen LogP contribution in [-0.2, 0) is 10.0 Å². The highest BCUT2D eigenvalue weighted by Gasteiger charge is 2.31. The van der Waals surface area contributed by atoms with E-state index in [1.807, 2.05) is 0 Å². The van der Waals surface area contributed by atoms with Gasteiger partial charge < -0.3 is 9.64 Å². The summed E-state index contributed by atoms with van der Waals surface area (Å²) in [6, 6.07) is 3.52. The van der Waals surface area contributed by atoms with Crippen LogP contribution in [0.4, 0.5) is 0 Å². The average molecular weight is 384 g/mol. The maximum absolute atomic E-state index is 12.9. The molecule has 2 rings (SSSR count). The zero-order valence-electron chi connectivity index (χ0n) is 16.9. The van der Waals surface area contributed by atoms with Crippen LogP contribution in [0.2, 0.25) is 0 Å². The lowest BCUT2D eigenvalue weighted by Crippen LogP contribution is -2.58. The van der Waals surface area contributed by atoms with Gasteiger partial charge in [-0.3, -0.25) is 4.90 Å². The van der Waals surface area contributed by atoms with E-state index in [-0.39, 0.29) is 5.54 Å². The molecular formula is C19H33N3O3S. The predicted octanol–water partition coefficient (Wildman–Crippen LogP) is 2.01. The van der Waals surface area contributed by atoms with E-state index >= 15 is 0 Å². The molecule has 1 N–H and O–H groups in total. The largest absolute Gasteiger partial charge is 0.497 e. The van der Waals surface area contributed by atoms with Crippen molar-refractivity contribution in [2.45, 2.75) is 45.1 Å². The third kappa shape index (κ3) is 4.76. The number of benzene rings is 1. The molecule has 1 aromatic rings. The smallest absolute Gasteiger partial charge is 0.241 e. The number of nitrogens with zero attached hydrogens (tertiary/aromatic N) is 2. The molecule has 1 aliphatic rings. The Morgan fingerprint density at radius 2 is 1.65 bits per heavy atom. The number of piperazine rings is 1. The van der Waals surface area contributed by atoms with Crippen LogP contribution in [0.1, 0.15) is 31.9 Å². The third-order valence-electron chi connectivity index (χ3n) is 5.31. The summed E-state index contributed by atoms with van der Waals surface area (Å²) in [5.74, 6) is 0.674. The lowest BCUT2D eigenvalue weighted by atomic mass is 10.0. The van der Waals surface area contributed by atoms with Crippen LogP contribution in [0.5, 0.6) is 5.75 Å². The molecule has 0 atom stereocenters. The minimum atomic E-state index is -3.58. The fourth-order valence-corrected chi connectivity index (χ4v) is 5.23. The molecule has 0 bridgehead atoms. The third-order valence-corrected chi connectivity index (χ3v) is 7.01. The first-order chi connectivity index (χ1) is 12.1. The minimum Gasteiger partial charge on any atom is -0.497 e. The van der Waals surface area contributed by atoms with E-state index in [1.165, 1.54) is 0 Å². The minimum absolute atomic E-state index is 0.235. The molecule has 1 fully saturated rings. The molecule has 1 saturated heterocycles. The molecule has 148 valence electrons. The summed E-state index contributed by atoms with van der Waals surface area (Å²) in [6.45, 7) is 15.4. The summed E-state index contributed by atoms with van der Waals surface area (Å²) in [5.41, 5.74) is 1.16. The lowest BCUT2D eigenvalue weighted by molar-refractivity contribution is 0.0571. The van der Waals surface area contributed by atoms with Crippen molar-refractivity contribution in [3.63, 3.8) is 0 Å². The summed E-state index contributed by atoms with van der Waals surface area (Å²) >= 11 is 0. The van der Waals surface area contributed by atoms with Gasteiger partial charge in [-0.1, -0.05) is 6.92 Å². The zero-order chi connectivity index (χ0) is 19.5. The molecule has 0 aromatic heterocycles. The molecule has 1 aliphatic heterocycles. The highest BCUT2D eigenvalue weighted by atomic mass is 32.2. The number of hydrogen-bond acceptors (Lipinski definition) is 5. The highest BCUT2D eigenvalue weighted by molar-refractivity contribution is 7.89. The Hall–Kier alpha value is -1.15. The van der Waals surface area contributed by atoms with Gasteiger partial charge in [0.1, 0.15) is 5.75 Å². The van der Waals surface area contributed by atoms with Crippen molar-refractivity contribution in [3.05, 3.63) is 23.3 Å². The number of likely N-dealkylation sites (N-methyl/N-ethyl adjacent to an activating group) is 1. The van der Waals surface area contributed by atoms with Gasteiger partial charge in [-0.2, -0.15) is 0 Å². The Morgan fingerprint density at radius 1 is 1.12 bits per heavy atom. The Balaban J connectivity index is 2.10. The first-order valence-corrected chi connectivity index (χ1v) is 10.7. The quantitative estimate of drug-likeness (QED) is 0.780. The van der Waals surface area contributed by atoms with Crippen LogP contribution in [0.3, 0.4) is 0 Å². The van der Waals surface area contributed by atoms with Gasteiger partial charge in [-0.25, -0.2) is 13.1 Å². The summed E-state index contributed by atoms with van der Waals surface area (Å²) < 4.78 is 33.9. The second-order valence-electron chi connectivity index (χ2n) is 7.65. The molecule has 26 heavy (non-hydrogen) atoms. The fraction of sp³-hybridized carbons (Fsp3) is 0.684. The number of aryl methyl sites for hydroxylation is 2. The zero-order valence-corrected chi connectivity index (χ0v) is 17.7. The van der Waals surface area contributed by atoms with E-state index in [2.05, 4.69) is 35.3 Å². The topological polar surface area (TPSA) is 61.9 Å². The number of nitrogens with one attached hydrogen (secondary N) is 1. The number of sulfonamides is 1. The van der Waals surface area contributed by atoms with Gasteiger partial charge in [0.2, 0.25) is 10.0 Å². The van der Waals surface area contributed by atoms with E-state index in [0.29, 0.717) is 28.3 Å². The van der Waals surface area contributed by atoms with Crippen LogP contribution in [-0.4, -0.2) is 70.1 Å². The van der Waals surface area contributed by atoms with Gasteiger partial charge in [-0.15, -0.1) is 0 Å². The van der Waals surface area contributed by atoms with Gasteiger partial charge in [0, 0.05) is 38.3 Å². The molecule has 0 unspecified atom stereocenters. The summed E-state index contributed by atoms with van der Waals surface area (Å²) in [5, 5.41) is 0. The molecule has 0 spiro atoms.